The summed E-state index contributed by atoms with van der Waals surface area (Å²) in [5, 5.41) is 0.414. The minimum Gasteiger partial charge on any atom is -0.396 e. The van der Waals surface area contributed by atoms with Gasteiger partial charge in [0.15, 0.2) is 0 Å². The summed E-state index contributed by atoms with van der Waals surface area (Å²) in [6.45, 7) is 0. The van der Waals surface area contributed by atoms with Crippen LogP contribution < -0.4 is 17.2 Å². The molecule has 1 aromatic carbocycles. The molecule has 0 spiro atoms. The molecular weight excluding hydrogens is 220 g/mol. The monoisotopic (exact) mass is 225 g/mol. The van der Waals surface area contributed by atoms with Crippen LogP contribution in [0.1, 0.15) is 0 Å². The highest BCUT2D eigenvalue weighted by molar-refractivity contribution is 6.47. The number of anilines is 3. The number of nitrogen functional groups attached to an aromatic ring is 3. The highest BCUT2D eigenvalue weighted by Gasteiger charge is 2.14. The van der Waals surface area contributed by atoms with Crippen molar-refractivity contribution in [2.45, 2.75) is 0 Å². The van der Waals surface area contributed by atoms with E-state index in [-0.39, 0.29) is 32.1 Å². The molecule has 0 amide bonds. The van der Waals surface area contributed by atoms with E-state index in [0.29, 0.717) is 0 Å². The van der Waals surface area contributed by atoms with Crippen molar-refractivity contribution in [1.82, 2.24) is 0 Å². The molecular formula is C6H6Cl3N3. The maximum absolute atomic E-state index is 5.69. The van der Waals surface area contributed by atoms with Crippen LogP contribution in [0.3, 0.4) is 0 Å². The van der Waals surface area contributed by atoms with Gasteiger partial charge in [0, 0.05) is 0 Å². The summed E-state index contributed by atoms with van der Waals surface area (Å²) in [5.74, 6) is 0. The van der Waals surface area contributed by atoms with Crippen molar-refractivity contribution in [3.05, 3.63) is 15.1 Å². The first kappa shape index (κ1) is 9.58. The lowest BCUT2D eigenvalue weighted by Gasteiger charge is -2.09. The molecule has 3 nitrogen and oxygen atoms in total. The normalized spacial score (nSPS) is 10.2. The maximum Gasteiger partial charge on any atom is 0.0896 e. The second-order valence-corrected chi connectivity index (χ2v) is 3.32. The molecule has 1 rings (SSSR count). The van der Waals surface area contributed by atoms with Gasteiger partial charge in [0.1, 0.15) is 0 Å². The average Bonchev–Trinajstić information content (AvgIpc) is 2.08. The molecule has 1 aromatic rings. The van der Waals surface area contributed by atoms with Gasteiger partial charge in [-0.25, -0.2) is 0 Å². The maximum atomic E-state index is 5.69. The summed E-state index contributed by atoms with van der Waals surface area (Å²) in [5.41, 5.74) is 16.9. The van der Waals surface area contributed by atoms with Crippen molar-refractivity contribution < 1.29 is 0 Å². The van der Waals surface area contributed by atoms with Gasteiger partial charge in [0.05, 0.1) is 32.1 Å². The quantitative estimate of drug-likeness (QED) is 0.594. The Balaban J connectivity index is 3.60. The first-order valence-electron chi connectivity index (χ1n) is 2.93. The SMILES string of the molecule is Nc1c(Cl)c(N)c(Cl)c(N)c1Cl. The van der Waals surface area contributed by atoms with Crippen LogP contribution >= 0.6 is 34.8 Å². The Morgan fingerprint density at radius 2 is 0.750 bits per heavy atom. The van der Waals surface area contributed by atoms with Crippen molar-refractivity contribution in [3.63, 3.8) is 0 Å². The predicted molar refractivity (Wildman–Crippen MR) is 54.7 cm³/mol. The van der Waals surface area contributed by atoms with Gasteiger partial charge in [-0.3, -0.25) is 0 Å². The summed E-state index contributed by atoms with van der Waals surface area (Å²) < 4.78 is 0. The van der Waals surface area contributed by atoms with Gasteiger partial charge in [0.2, 0.25) is 0 Å². The molecule has 0 saturated heterocycles. The number of nitrogens with two attached hydrogens (primary N) is 3. The summed E-state index contributed by atoms with van der Waals surface area (Å²) in [6, 6.07) is 0. The van der Waals surface area contributed by atoms with Crippen LogP contribution in [-0.4, -0.2) is 0 Å². The topological polar surface area (TPSA) is 78.1 Å². The van der Waals surface area contributed by atoms with Crippen LogP contribution in [0.25, 0.3) is 0 Å². The minimum absolute atomic E-state index is 0.138. The Labute approximate surface area is 84.4 Å². The van der Waals surface area contributed by atoms with Crippen LogP contribution in [0.5, 0.6) is 0 Å². The Bertz CT molecular complexity index is 232. The third-order valence-electron chi connectivity index (χ3n) is 1.42. The van der Waals surface area contributed by atoms with E-state index in [0.717, 1.165) is 0 Å². The lowest BCUT2D eigenvalue weighted by Crippen LogP contribution is -1.99. The number of rotatable bonds is 0. The fourth-order valence-electron chi connectivity index (χ4n) is 0.724. The van der Waals surface area contributed by atoms with Gasteiger partial charge >= 0.3 is 0 Å². The first-order chi connectivity index (χ1) is 5.46. The Morgan fingerprint density at radius 3 is 0.917 bits per heavy atom. The van der Waals surface area contributed by atoms with Crippen LogP contribution in [-0.2, 0) is 0 Å². The van der Waals surface area contributed by atoms with Gasteiger partial charge in [-0.05, 0) is 0 Å². The zero-order valence-corrected chi connectivity index (χ0v) is 8.13. The number of hydrogen-bond donors (Lipinski definition) is 3. The summed E-state index contributed by atoms with van der Waals surface area (Å²) in [4.78, 5) is 0. The van der Waals surface area contributed by atoms with E-state index in [1.165, 1.54) is 0 Å². The molecule has 0 unspecified atom stereocenters. The molecule has 0 bridgehead atoms. The molecule has 0 radical (unpaired) electrons. The molecule has 0 aliphatic heterocycles. The second-order valence-electron chi connectivity index (χ2n) is 2.18. The van der Waals surface area contributed by atoms with Crippen molar-refractivity contribution in [3.8, 4) is 0 Å². The van der Waals surface area contributed by atoms with Crippen LogP contribution in [0, 0.1) is 0 Å². The summed E-state index contributed by atoms with van der Waals surface area (Å²) in [7, 11) is 0. The van der Waals surface area contributed by atoms with E-state index in [9.17, 15) is 0 Å². The highest BCUT2D eigenvalue weighted by Crippen LogP contribution is 2.43. The van der Waals surface area contributed by atoms with E-state index in [1.807, 2.05) is 0 Å². The van der Waals surface area contributed by atoms with Crippen LogP contribution in [0.15, 0.2) is 0 Å². The lowest BCUT2D eigenvalue weighted by atomic mass is 10.2. The fourth-order valence-corrected chi connectivity index (χ4v) is 1.44. The van der Waals surface area contributed by atoms with E-state index in [4.69, 9.17) is 52.0 Å². The zero-order chi connectivity index (χ0) is 9.46. The molecule has 0 aromatic heterocycles. The van der Waals surface area contributed by atoms with Crippen molar-refractivity contribution in [2.24, 2.45) is 0 Å². The average molecular weight is 226 g/mol. The Hall–Kier alpha value is -0.510. The molecule has 66 valence electrons. The zero-order valence-electron chi connectivity index (χ0n) is 5.87. The van der Waals surface area contributed by atoms with Crippen molar-refractivity contribution >= 4 is 51.9 Å². The van der Waals surface area contributed by atoms with Crippen LogP contribution in [0.2, 0.25) is 15.1 Å². The summed E-state index contributed by atoms with van der Waals surface area (Å²) in [6.07, 6.45) is 0. The number of hydrogen-bond acceptors (Lipinski definition) is 3. The molecule has 12 heavy (non-hydrogen) atoms. The third kappa shape index (κ3) is 1.24. The van der Waals surface area contributed by atoms with E-state index in [1.54, 1.807) is 0 Å². The van der Waals surface area contributed by atoms with E-state index < -0.39 is 0 Å². The smallest absolute Gasteiger partial charge is 0.0896 e. The molecule has 0 aliphatic rings. The van der Waals surface area contributed by atoms with Gasteiger partial charge < -0.3 is 17.2 Å². The Kier molecular flexibility index (Phi) is 2.46. The lowest BCUT2D eigenvalue weighted by molar-refractivity contribution is 1.64. The van der Waals surface area contributed by atoms with Crippen molar-refractivity contribution in [1.29, 1.82) is 0 Å². The third-order valence-corrected chi connectivity index (χ3v) is 2.64. The number of halogens is 3. The molecule has 6 N–H and O–H groups in total. The van der Waals surface area contributed by atoms with Crippen LogP contribution in [0.4, 0.5) is 17.1 Å². The molecule has 0 aliphatic carbocycles. The largest absolute Gasteiger partial charge is 0.396 e. The van der Waals surface area contributed by atoms with E-state index >= 15 is 0 Å². The number of benzene rings is 1. The highest BCUT2D eigenvalue weighted by atomic mass is 35.5. The standard InChI is InChI=1S/C6H6Cl3N3/c7-1-4(10)2(8)6(12)3(9)5(1)11/h10-12H2. The van der Waals surface area contributed by atoms with E-state index in [2.05, 4.69) is 0 Å². The Morgan fingerprint density at radius 1 is 0.583 bits per heavy atom. The van der Waals surface area contributed by atoms with Gasteiger partial charge in [-0.15, -0.1) is 0 Å². The fraction of sp³-hybridized carbons (Fsp3) is 0. The second kappa shape index (κ2) is 3.09. The predicted octanol–water partition coefficient (Wildman–Crippen LogP) is 2.39. The molecule has 0 atom stereocenters. The molecule has 0 fully saturated rings. The van der Waals surface area contributed by atoms with Crippen molar-refractivity contribution in [2.75, 3.05) is 17.2 Å². The summed E-state index contributed by atoms with van der Waals surface area (Å²) >= 11 is 17.1. The van der Waals surface area contributed by atoms with Gasteiger partial charge in [-0.2, -0.15) is 0 Å². The molecule has 0 heterocycles. The minimum atomic E-state index is 0.138. The first-order valence-corrected chi connectivity index (χ1v) is 4.07. The molecule has 0 saturated carbocycles. The van der Waals surface area contributed by atoms with Gasteiger partial charge in [-0.1, -0.05) is 34.8 Å². The van der Waals surface area contributed by atoms with Gasteiger partial charge in [0.25, 0.3) is 0 Å². The molecule has 6 heteroatoms.